The number of ketones is 1. The second-order valence-corrected chi connectivity index (χ2v) is 11.1. The molecule has 0 aromatic rings. The molecule has 0 aromatic heterocycles. The predicted molar refractivity (Wildman–Crippen MR) is 118 cm³/mol. The monoisotopic (exact) mass is 442 g/mol. The molecule has 1 saturated carbocycles. The van der Waals surface area contributed by atoms with Crippen LogP contribution in [-0.4, -0.2) is 41.1 Å². The average molecular weight is 443 g/mol. The van der Waals surface area contributed by atoms with Gasteiger partial charge in [0.05, 0.1) is 16.4 Å². The minimum atomic E-state index is -1.14. The van der Waals surface area contributed by atoms with Crippen molar-refractivity contribution in [1.29, 1.82) is 0 Å². The van der Waals surface area contributed by atoms with Crippen LogP contribution in [-0.2, 0) is 23.9 Å². The van der Waals surface area contributed by atoms with Crippen LogP contribution >= 0.6 is 0 Å². The number of hydrogen-bond acceptors (Lipinski definition) is 6. The van der Waals surface area contributed by atoms with Crippen LogP contribution in [0.2, 0.25) is 0 Å². The summed E-state index contributed by atoms with van der Waals surface area (Å²) in [4.78, 5) is 36.4. The van der Waals surface area contributed by atoms with Crippen LogP contribution in [0.4, 0.5) is 0 Å². The smallest absolute Gasteiger partial charge is 0.311 e. The van der Waals surface area contributed by atoms with Crippen LogP contribution in [0.25, 0.3) is 0 Å². The third-order valence-electron chi connectivity index (χ3n) is 8.15. The number of rotatable bonds is 3. The summed E-state index contributed by atoms with van der Waals surface area (Å²) in [5.74, 6) is -0.544. The van der Waals surface area contributed by atoms with E-state index in [1.165, 1.54) is 6.92 Å². The van der Waals surface area contributed by atoms with Crippen LogP contribution in [0.15, 0.2) is 34.9 Å². The van der Waals surface area contributed by atoms with Crippen molar-refractivity contribution in [2.45, 2.75) is 84.8 Å². The third-order valence-corrected chi connectivity index (χ3v) is 8.15. The van der Waals surface area contributed by atoms with Gasteiger partial charge >= 0.3 is 11.9 Å². The Morgan fingerprint density at radius 3 is 2.53 bits per heavy atom. The van der Waals surface area contributed by atoms with Gasteiger partial charge in [-0.25, -0.2) is 0 Å². The Kier molecular flexibility index (Phi) is 5.32. The van der Waals surface area contributed by atoms with E-state index in [9.17, 15) is 19.5 Å². The van der Waals surface area contributed by atoms with E-state index in [-0.39, 0.29) is 30.4 Å². The minimum absolute atomic E-state index is 0.0709. The van der Waals surface area contributed by atoms with Crippen molar-refractivity contribution in [3.8, 4) is 0 Å². The molecule has 4 rings (SSSR count). The highest BCUT2D eigenvalue weighted by Gasteiger charge is 2.64. The first-order valence-corrected chi connectivity index (χ1v) is 11.6. The molecule has 32 heavy (non-hydrogen) atoms. The zero-order valence-electron chi connectivity index (χ0n) is 19.7. The van der Waals surface area contributed by atoms with Gasteiger partial charge < -0.3 is 14.6 Å². The second-order valence-electron chi connectivity index (χ2n) is 11.1. The molecule has 6 heteroatoms. The summed E-state index contributed by atoms with van der Waals surface area (Å²) in [5.41, 5.74) is -0.178. The van der Waals surface area contributed by atoms with Crippen LogP contribution in [0.1, 0.15) is 73.1 Å². The summed E-state index contributed by atoms with van der Waals surface area (Å²) < 4.78 is 11.4. The summed E-state index contributed by atoms with van der Waals surface area (Å²) >= 11 is 0. The van der Waals surface area contributed by atoms with E-state index in [0.717, 1.165) is 16.7 Å². The lowest BCUT2D eigenvalue weighted by Crippen LogP contribution is -2.54. The molecule has 1 fully saturated rings. The standard InChI is InChI=1S/C26H34O6/c1-16(27)31-15-25-12-8-18(28)14-17(25)6-7-20-19(25)9-11-24(5)21(10-13-26(20,24)30)32-22(29)23(2,3)4/h6-7,14,21,30H,8-13,15H2,1-5H3/t21-,24+,25+,26-/m0/s1. The molecule has 0 radical (unpaired) electrons. The molecule has 0 amide bonds. The van der Waals surface area contributed by atoms with E-state index >= 15 is 0 Å². The van der Waals surface area contributed by atoms with Crippen molar-refractivity contribution < 1.29 is 29.0 Å². The number of fused-ring (bicyclic) bond motifs is 4. The number of hydrogen-bond donors (Lipinski definition) is 1. The summed E-state index contributed by atoms with van der Waals surface area (Å²) in [7, 11) is 0. The lowest BCUT2D eigenvalue weighted by atomic mass is 9.54. The molecule has 0 bridgehead atoms. The number of ether oxygens (including phenoxy) is 2. The SMILES string of the molecule is CC(=O)OC[C@]12CCC(=O)C=C1C=CC1=C2CC[C@]2(C)[C@@H](OC(=O)C(C)(C)C)CC[C@]12O. The third kappa shape index (κ3) is 3.30. The van der Waals surface area contributed by atoms with E-state index < -0.39 is 21.8 Å². The van der Waals surface area contributed by atoms with Gasteiger partial charge in [0, 0.05) is 18.8 Å². The molecular weight excluding hydrogens is 408 g/mol. The number of aliphatic hydroxyl groups is 1. The van der Waals surface area contributed by atoms with Gasteiger partial charge in [0.25, 0.3) is 0 Å². The van der Waals surface area contributed by atoms with Gasteiger partial charge in [0.15, 0.2) is 5.78 Å². The van der Waals surface area contributed by atoms with Crippen LogP contribution in [0.5, 0.6) is 0 Å². The van der Waals surface area contributed by atoms with Crippen LogP contribution in [0.3, 0.4) is 0 Å². The molecular formula is C26H34O6. The van der Waals surface area contributed by atoms with Gasteiger partial charge in [0.2, 0.25) is 0 Å². The summed E-state index contributed by atoms with van der Waals surface area (Å²) in [6, 6.07) is 0. The number of esters is 2. The number of carbonyl (C=O) groups is 3. The van der Waals surface area contributed by atoms with Crippen molar-refractivity contribution in [2.24, 2.45) is 16.2 Å². The zero-order chi connectivity index (χ0) is 23.5. The molecule has 4 atom stereocenters. The van der Waals surface area contributed by atoms with E-state index in [2.05, 4.69) is 0 Å². The second kappa shape index (κ2) is 7.41. The van der Waals surface area contributed by atoms with Crippen molar-refractivity contribution in [3.05, 3.63) is 34.9 Å². The van der Waals surface area contributed by atoms with Crippen molar-refractivity contribution in [3.63, 3.8) is 0 Å². The van der Waals surface area contributed by atoms with E-state index in [0.29, 0.717) is 38.5 Å². The van der Waals surface area contributed by atoms with Crippen molar-refractivity contribution in [2.75, 3.05) is 6.61 Å². The Morgan fingerprint density at radius 1 is 1.16 bits per heavy atom. The molecule has 4 aliphatic carbocycles. The van der Waals surface area contributed by atoms with Gasteiger partial charge in [-0.2, -0.15) is 0 Å². The van der Waals surface area contributed by atoms with Crippen molar-refractivity contribution >= 4 is 17.7 Å². The fourth-order valence-electron chi connectivity index (χ4n) is 6.06. The maximum absolute atomic E-state index is 12.6. The maximum Gasteiger partial charge on any atom is 0.311 e. The first kappa shape index (κ1) is 23.0. The highest BCUT2D eigenvalue weighted by molar-refractivity contribution is 5.93. The maximum atomic E-state index is 12.6. The molecule has 1 N–H and O–H groups in total. The fraction of sp³-hybridized carbons (Fsp3) is 0.654. The highest BCUT2D eigenvalue weighted by Crippen LogP contribution is 2.63. The lowest BCUT2D eigenvalue weighted by molar-refractivity contribution is -0.170. The minimum Gasteiger partial charge on any atom is -0.465 e. The van der Waals surface area contributed by atoms with Gasteiger partial charge in [-0.05, 0) is 70.1 Å². The zero-order valence-corrected chi connectivity index (χ0v) is 19.7. The Bertz CT molecular complexity index is 963. The van der Waals surface area contributed by atoms with Gasteiger partial charge in [0.1, 0.15) is 12.7 Å². The molecule has 0 unspecified atom stereocenters. The largest absolute Gasteiger partial charge is 0.465 e. The van der Waals surface area contributed by atoms with Crippen LogP contribution in [0, 0.1) is 16.2 Å². The average Bonchev–Trinajstić information content (AvgIpc) is 2.97. The molecule has 0 aromatic carbocycles. The molecule has 0 saturated heterocycles. The molecule has 4 aliphatic rings. The van der Waals surface area contributed by atoms with E-state index in [1.807, 2.05) is 39.8 Å². The first-order chi connectivity index (χ1) is 14.8. The van der Waals surface area contributed by atoms with Gasteiger partial charge in [-0.3, -0.25) is 14.4 Å². The molecule has 0 spiro atoms. The molecule has 0 heterocycles. The first-order valence-electron chi connectivity index (χ1n) is 11.6. The van der Waals surface area contributed by atoms with Crippen LogP contribution < -0.4 is 0 Å². The van der Waals surface area contributed by atoms with Crippen molar-refractivity contribution in [1.82, 2.24) is 0 Å². The Balaban J connectivity index is 1.75. The normalized spacial score (nSPS) is 36.1. The Morgan fingerprint density at radius 2 is 1.88 bits per heavy atom. The Labute approximate surface area is 189 Å². The summed E-state index contributed by atoms with van der Waals surface area (Å²) in [6.45, 7) is 9.08. The molecule has 174 valence electrons. The number of carbonyl (C=O) groups excluding carboxylic acids is 3. The number of allylic oxidation sites excluding steroid dienone is 2. The predicted octanol–water partition coefficient (Wildman–Crippen LogP) is 3.97. The Hall–Kier alpha value is -2.21. The van der Waals surface area contributed by atoms with Gasteiger partial charge in [-0.1, -0.05) is 24.6 Å². The summed E-state index contributed by atoms with van der Waals surface area (Å²) in [5, 5.41) is 12.1. The van der Waals surface area contributed by atoms with Gasteiger partial charge in [-0.15, -0.1) is 0 Å². The topological polar surface area (TPSA) is 89.9 Å². The van der Waals surface area contributed by atoms with E-state index in [1.54, 1.807) is 6.08 Å². The quantitative estimate of drug-likeness (QED) is 0.665. The lowest BCUT2D eigenvalue weighted by Gasteiger charge is -2.53. The molecule has 0 aliphatic heterocycles. The highest BCUT2D eigenvalue weighted by atomic mass is 16.5. The van der Waals surface area contributed by atoms with E-state index in [4.69, 9.17) is 9.47 Å². The summed E-state index contributed by atoms with van der Waals surface area (Å²) in [6.07, 6.45) is 8.50. The molecule has 6 nitrogen and oxygen atoms in total. The fourth-order valence-corrected chi connectivity index (χ4v) is 6.06.